The first-order valence-electron chi connectivity index (χ1n) is 9.94. The average molecular weight is 422 g/mol. The first-order valence-corrected chi connectivity index (χ1v) is 11.4. The van der Waals surface area contributed by atoms with Crippen LogP contribution in [0.3, 0.4) is 0 Å². The van der Waals surface area contributed by atoms with E-state index in [1.807, 2.05) is 18.7 Å². The molecule has 3 aliphatic heterocycles. The van der Waals surface area contributed by atoms with E-state index in [0.717, 1.165) is 0 Å². The van der Waals surface area contributed by atoms with E-state index in [9.17, 15) is 13.2 Å². The molecule has 0 radical (unpaired) electrons. The lowest BCUT2D eigenvalue weighted by molar-refractivity contribution is -0.187. The maximum Gasteiger partial charge on any atom is 0.286 e. The van der Waals surface area contributed by atoms with Gasteiger partial charge in [0.15, 0.2) is 5.79 Å². The highest BCUT2D eigenvalue weighted by Gasteiger charge is 2.41. The fraction of sp³-hybridized carbons (Fsp3) is 0.600. The van der Waals surface area contributed by atoms with Gasteiger partial charge >= 0.3 is 0 Å². The zero-order valence-electron chi connectivity index (χ0n) is 16.8. The van der Waals surface area contributed by atoms with Crippen molar-refractivity contribution in [2.24, 2.45) is 9.81 Å². The Labute approximate surface area is 171 Å². The number of nitrogens with one attached hydrogen (secondary N) is 1. The van der Waals surface area contributed by atoms with Gasteiger partial charge in [-0.25, -0.2) is 0 Å². The molecule has 4 rings (SSSR count). The molecule has 1 aromatic rings. The van der Waals surface area contributed by atoms with Crippen LogP contribution in [0.15, 0.2) is 33.6 Å². The Kier molecular flexibility index (Phi) is 5.16. The largest absolute Gasteiger partial charge is 0.347 e. The van der Waals surface area contributed by atoms with Crippen molar-refractivity contribution in [3.8, 4) is 0 Å². The Morgan fingerprint density at radius 1 is 1.21 bits per heavy atom. The van der Waals surface area contributed by atoms with Crippen molar-refractivity contribution in [2.75, 3.05) is 31.6 Å². The number of amidine groups is 1. The van der Waals surface area contributed by atoms with Gasteiger partial charge < -0.3 is 19.7 Å². The molecule has 0 atom stereocenters. The van der Waals surface area contributed by atoms with Crippen molar-refractivity contribution < 1.29 is 22.7 Å². The predicted molar refractivity (Wildman–Crippen MR) is 108 cm³/mol. The minimum atomic E-state index is -3.72. The van der Waals surface area contributed by atoms with Crippen LogP contribution in [0, 0.1) is 5.41 Å². The molecule has 1 aromatic carbocycles. The standard InChI is InChI=1S/C20H27N3O5S/c1-19(2,13-17-21-15-5-3-4-6-16(15)29(25,26)22-17)14-18(24)23-9-7-20(8-10-23)27-11-12-28-20/h3-6H,7-14H2,1-2H3,(H,21,22). The zero-order chi connectivity index (χ0) is 20.7. The van der Waals surface area contributed by atoms with Crippen LogP contribution in [0.2, 0.25) is 0 Å². The van der Waals surface area contributed by atoms with Crippen LogP contribution in [0.4, 0.5) is 5.69 Å². The number of ether oxygens (including phenoxy) is 2. The van der Waals surface area contributed by atoms with Crippen LogP contribution in [-0.4, -0.2) is 57.2 Å². The number of nitrogens with zero attached hydrogens (tertiary/aromatic N) is 2. The van der Waals surface area contributed by atoms with Gasteiger partial charge in [0.05, 0.1) is 18.9 Å². The molecule has 1 spiro atoms. The molecular formula is C20H27N3O5S. The molecule has 0 saturated carbocycles. The number of piperidine rings is 1. The molecule has 9 heteroatoms. The number of likely N-dealkylation sites (tertiary alicyclic amines) is 1. The monoisotopic (exact) mass is 421 g/mol. The van der Waals surface area contributed by atoms with E-state index in [1.54, 1.807) is 18.2 Å². The van der Waals surface area contributed by atoms with Gasteiger partial charge in [0, 0.05) is 38.8 Å². The SMILES string of the molecule is CC(C)(CC(=O)N1CCC2(CC1)OCCO2)CC1=NS(=O)(=O)c2ccccc2N1. The zero-order valence-corrected chi connectivity index (χ0v) is 17.6. The lowest BCUT2D eigenvalue weighted by Gasteiger charge is -2.38. The highest BCUT2D eigenvalue weighted by atomic mass is 32.2. The van der Waals surface area contributed by atoms with Crippen molar-refractivity contribution in [3.63, 3.8) is 0 Å². The summed E-state index contributed by atoms with van der Waals surface area (Å²) in [7, 11) is -3.72. The number of fused-ring (bicyclic) bond motifs is 1. The average Bonchev–Trinajstić information content (AvgIpc) is 3.09. The molecule has 0 unspecified atom stereocenters. The molecule has 0 bridgehead atoms. The number of carbonyl (C=O) groups excluding carboxylic acids is 1. The number of hydrogen-bond donors (Lipinski definition) is 1. The first kappa shape index (κ1) is 20.3. The van der Waals surface area contributed by atoms with Crippen LogP contribution >= 0.6 is 0 Å². The fourth-order valence-corrected chi connectivity index (χ4v) is 5.31. The van der Waals surface area contributed by atoms with Crippen LogP contribution in [-0.2, 0) is 24.3 Å². The van der Waals surface area contributed by atoms with Crippen LogP contribution in [0.1, 0.15) is 39.5 Å². The summed E-state index contributed by atoms with van der Waals surface area (Å²) in [5.41, 5.74) is 0.0812. The summed E-state index contributed by atoms with van der Waals surface area (Å²) in [6.07, 6.45) is 2.03. The number of sulfonamides is 1. The maximum atomic E-state index is 12.9. The van der Waals surface area contributed by atoms with Crippen molar-refractivity contribution in [1.82, 2.24) is 4.90 Å². The summed E-state index contributed by atoms with van der Waals surface area (Å²) < 4.78 is 40.2. The van der Waals surface area contributed by atoms with Crippen molar-refractivity contribution in [3.05, 3.63) is 24.3 Å². The Morgan fingerprint density at radius 3 is 2.55 bits per heavy atom. The normalized spacial score (nSPS) is 22.7. The van der Waals surface area contributed by atoms with E-state index < -0.39 is 21.2 Å². The Bertz CT molecular complexity index is 925. The van der Waals surface area contributed by atoms with E-state index in [-0.39, 0.29) is 10.8 Å². The molecule has 1 N–H and O–H groups in total. The number of anilines is 1. The maximum absolute atomic E-state index is 12.9. The summed E-state index contributed by atoms with van der Waals surface area (Å²) in [6.45, 7) is 6.35. The molecule has 0 aliphatic carbocycles. The number of carbonyl (C=O) groups is 1. The third-order valence-electron chi connectivity index (χ3n) is 5.64. The third kappa shape index (κ3) is 4.31. The fourth-order valence-electron chi connectivity index (χ4n) is 4.16. The van der Waals surface area contributed by atoms with Crippen LogP contribution < -0.4 is 5.32 Å². The Morgan fingerprint density at radius 2 is 1.86 bits per heavy atom. The van der Waals surface area contributed by atoms with E-state index in [2.05, 4.69) is 9.71 Å². The van der Waals surface area contributed by atoms with Crippen LogP contribution in [0.25, 0.3) is 0 Å². The van der Waals surface area contributed by atoms with E-state index in [0.29, 0.717) is 63.5 Å². The Balaban J connectivity index is 1.38. The molecule has 8 nitrogen and oxygen atoms in total. The summed E-state index contributed by atoms with van der Waals surface area (Å²) in [5.74, 6) is -0.0798. The minimum absolute atomic E-state index is 0.0579. The topological polar surface area (TPSA) is 97.3 Å². The van der Waals surface area contributed by atoms with Gasteiger partial charge in [-0.15, -0.1) is 4.40 Å². The molecule has 2 saturated heterocycles. The highest BCUT2D eigenvalue weighted by molar-refractivity contribution is 7.90. The van der Waals surface area contributed by atoms with Crippen molar-refractivity contribution in [1.29, 1.82) is 0 Å². The molecule has 1 amide bonds. The molecule has 2 fully saturated rings. The smallest absolute Gasteiger partial charge is 0.286 e. The van der Waals surface area contributed by atoms with Gasteiger partial charge in [-0.1, -0.05) is 26.0 Å². The second-order valence-electron chi connectivity index (χ2n) is 8.64. The quantitative estimate of drug-likeness (QED) is 0.802. The first-order chi connectivity index (χ1) is 13.7. The van der Waals surface area contributed by atoms with Crippen LogP contribution in [0.5, 0.6) is 0 Å². The van der Waals surface area contributed by atoms with Gasteiger partial charge in [-0.05, 0) is 17.5 Å². The molecule has 158 valence electrons. The van der Waals surface area contributed by atoms with Gasteiger partial charge in [-0.3, -0.25) is 4.79 Å². The second kappa shape index (κ2) is 7.37. The molecular weight excluding hydrogens is 394 g/mol. The minimum Gasteiger partial charge on any atom is -0.347 e. The molecule has 3 heterocycles. The van der Waals surface area contributed by atoms with Gasteiger partial charge in [0.1, 0.15) is 10.7 Å². The van der Waals surface area contributed by atoms with Crippen molar-refractivity contribution in [2.45, 2.75) is 50.2 Å². The van der Waals surface area contributed by atoms with E-state index in [1.165, 1.54) is 6.07 Å². The number of rotatable bonds is 4. The lowest BCUT2D eigenvalue weighted by atomic mass is 9.84. The number of para-hydroxylation sites is 1. The molecule has 29 heavy (non-hydrogen) atoms. The summed E-state index contributed by atoms with van der Waals surface area (Å²) in [4.78, 5) is 14.9. The van der Waals surface area contributed by atoms with Crippen molar-refractivity contribution >= 4 is 27.5 Å². The highest BCUT2D eigenvalue weighted by Crippen LogP contribution is 2.34. The summed E-state index contributed by atoms with van der Waals surface area (Å²) in [5, 5.41) is 3.11. The van der Waals surface area contributed by atoms with Gasteiger partial charge in [0.25, 0.3) is 10.0 Å². The second-order valence-corrected chi connectivity index (χ2v) is 10.2. The third-order valence-corrected chi connectivity index (χ3v) is 7.01. The molecule has 0 aromatic heterocycles. The van der Waals surface area contributed by atoms with E-state index >= 15 is 0 Å². The number of hydrogen-bond acceptors (Lipinski definition) is 6. The van der Waals surface area contributed by atoms with Gasteiger partial charge in [0.2, 0.25) is 5.91 Å². The van der Waals surface area contributed by atoms with Gasteiger partial charge in [-0.2, -0.15) is 8.42 Å². The summed E-state index contributed by atoms with van der Waals surface area (Å²) in [6, 6.07) is 6.70. The number of benzene rings is 1. The van der Waals surface area contributed by atoms with E-state index in [4.69, 9.17) is 9.47 Å². The lowest BCUT2D eigenvalue weighted by Crippen LogP contribution is -2.48. The predicted octanol–water partition coefficient (Wildman–Crippen LogP) is 2.37. The Hall–Kier alpha value is -1.97. The molecule has 3 aliphatic rings. The number of amides is 1. The summed E-state index contributed by atoms with van der Waals surface area (Å²) >= 11 is 0.